The summed E-state index contributed by atoms with van der Waals surface area (Å²) >= 11 is 0. The van der Waals surface area contributed by atoms with Crippen molar-refractivity contribution in [2.75, 3.05) is 7.11 Å². The van der Waals surface area contributed by atoms with E-state index in [-0.39, 0.29) is 22.7 Å². The maximum atomic E-state index is 11.8. The minimum atomic E-state index is -0.962. The van der Waals surface area contributed by atoms with Gasteiger partial charge in [0.1, 0.15) is 0 Å². The van der Waals surface area contributed by atoms with Crippen LogP contribution in [0, 0.1) is 0 Å². The molecule has 0 saturated carbocycles. The molecule has 43 heavy (non-hydrogen) atoms. The Balaban J connectivity index is 0.000000171. The number of aromatic nitrogens is 4. The molecule has 214 valence electrons. The zero-order valence-corrected chi connectivity index (χ0v) is 23.0. The Bertz CT molecular complexity index is 2080. The van der Waals surface area contributed by atoms with Gasteiger partial charge in [-0.2, -0.15) is 10.2 Å². The van der Waals surface area contributed by atoms with Crippen molar-refractivity contribution < 1.29 is 19.4 Å². The van der Waals surface area contributed by atoms with Gasteiger partial charge in [0.15, 0.2) is 0 Å². The summed E-state index contributed by atoms with van der Waals surface area (Å²) in [5.74, 6) is -1.34. The number of ether oxygens (including phenoxy) is 1. The van der Waals surface area contributed by atoms with Crippen molar-refractivity contribution in [3.63, 3.8) is 0 Å². The Hall–Kier alpha value is -5.90. The molecule has 2 heterocycles. The summed E-state index contributed by atoms with van der Waals surface area (Å²) in [6.45, 7) is 0. The van der Waals surface area contributed by atoms with Crippen LogP contribution in [0.1, 0.15) is 43.2 Å². The van der Waals surface area contributed by atoms with Gasteiger partial charge in [-0.1, -0.05) is 60.7 Å². The topological polar surface area (TPSA) is 155 Å². The standard InChI is InChI=1S/C17H14N2O3.C16H12N2O3/c1-22-17(21)12-6-4-5-11(9-12)10-15-13-7-2-3-8-14(13)16(20)19-18-15;19-15-13-7-2-1-6-12(13)14(17-18-15)9-10-4-3-5-11(8-10)16(20)21/h2-9H,10H2,1H3,(H,19,20);1-8H,9H2,(H,18,19)(H,20,21). The normalized spacial score (nSPS) is 10.6. The van der Waals surface area contributed by atoms with Crippen LogP contribution in [0.25, 0.3) is 21.5 Å². The summed E-state index contributed by atoms with van der Waals surface area (Å²) in [5.41, 5.74) is 3.53. The summed E-state index contributed by atoms with van der Waals surface area (Å²) in [6, 6.07) is 28.5. The molecule has 0 bridgehead atoms. The minimum absolute atomic E-state index is 0.206. The Morgan fingerprint density at radius 2 is 1.09 bits per heavy atom. The highest BCUT2D eigenvalue weighted by atomic mass is 16.5. The summed E-state index contributed by atoms with van der Waals surface area (Å²) < 4.78 is 4.73. The number of rotatable bonds is 6. The second-order valence-corrected chi connectivity index (χ2v) is 9.64. The second kappa shape index (κ2) is 12.7. The molecule has 3 N–H and O–H groups in total. The van der Waals surface area contributed by atoms with E-state index in [0.29, 0.717) is 34.9 Å². The van der Waals surface area contributed by atoms with Crippen molar-refractivity contribution in [3.8, 4) is 0 Å². The molecule has 10 heteroatoms. The van der Waals surface area contributed by atoms with Crippen LogP contribution in [-0.4, -0.2) is 44.5 Å². The van der Waals surface area contributed by atoms with E-state index in [1.807, 2.05) is 42.5 Å². The van der Waals surface area contributed by atoms with Gasteiger partial charge in [-0.25, -0.2) is 19.8 Å². The molecule has 0 radical (unpaired) electrons. The van der Waals surface area contributed by atoms with Crippen LogP contribution in [0.4, 0.5) is 0 Å². The fourth-order valence-corrected chi connectivity index (χ4v) is 4.74. The van der Waals surface area contributed by atoms with Crippen molar-refractivity contribution in [1.29, 1.82) is 0 Å². The van der Waals surface area contributed by atoms with Gasteiger partial charge in [0.05, 0.1) is 40.4 Å². The molecule has 0 fully saturated rings. The number of carboxylic acids is 1. The lowest BCUT2D eigenvalue weighted by atomic mass is 10.0. The van der Waals surface area contributed by atoms with Crippen LogP contribution in [-0.2, 0) is 17.6 Å². The molecular formula is C33H26N4O6. The molecule has 6 rings (SSSR count). The van der Waals surface area contributed by atoms with Crippen molar-refractivity contribution in [1.82, 2.24) is 20.4 Å². The molecule has 2 aromatic heterocycles. The fourth-order valence-electron chi connectivity index (χ4n) is 4.74. The quantitative estimate of drug-likeness (QED) is 0.245. The Morgan fingerprint density at radius 3 is 1.56 bits per heavy atom. The van der Waals surface area contributed by atoms with Crippen LogP contribution in [0.2, 0.25) is 0 Å². The molecule has 0 saturated heterocycles. The number of aromatic amines is 2. The number of hydrogen-bond donors (Lipinski definition) is 3. The van der Waals surface area contributed by atoms with Gasteiger partial charge < -0.3 is 9.84 Å². The minimum Gasteiger partial charge on any atom is -0.478 e. The molecule has 0 spiro atoms. The molecular weight excluding hydrogens is 548 g/mol. The predicted molar refractivity (Wildman–Crippen MR) is 162 cm³/mol. The third kappa shape index (κ3) is 6.54. The Morgan fingerprint density at radius 1 is 0.651 bits per heavy atom. The Kier molecular flexibility index (Phi) is 8.48. The zero-order chi connectivity index (χ0) is 30.3. The van der Waals surface area contributed by atoms with Gasteiger partial charge in [0.25, 0.3) is 11.1 Å². The number of carbonyl (C=O) groups is 2. The maximum absolute atomic E-state index is 11.8. The average molecular weight is 575 g/mol. The highest BCUT2D eigenvalue weighted by Gasteiger charge is 2.11. The molecule has 4 aromatic carbocycles. The molecule has 0 unspecified atom stereocenters. The van der Waals surface area contributed by atoms with Crippen LogP contribution in [0.5, 0.6) is 0 Å². The van der Waals surface area contributed by atoms with E-state index in [1.165, 1.54) is 7.11 Å². The second-order valence-electron chi connectivity index (χ2n) is 9.64. The van der Waals surface area contributed by atoms with Gasteiger partial charge in [-0.05, 0) is 47.5 Å². The number of benzene rings is 4. The number of nitrogens with zero attached hydrogens (tertiary/aromatic N) is 2. The van der Waals surface area contributed by atoms with E-state index in [9.17, 15) is 19.2 Å². The van der Waals surface area contributed by atoms with Crippen LogP contribution < -0.4 is 11.1 Å². The summed E-state index contributed by atoms with van der Waals surface area (Å²) in [5, 5.41) is 25.0. The number of carboxylic acid groups (broad SMARTS) is 1. The highest BCUT2D eigenvalue weighted by Crippen LogP contribution is 2.18. The molecule has 0 aliphatic heterocycles. The third-order valence-electron chi connectivity index (χ3n) is 6.82. The first kappa shape index (κ1) is 28.6. The van der Waals surface area contributed by atoms with E-state index in [4.69, 9.17) is 9.84 Å². The fraction of sp³-hybridized carbons (Fsp3) is 0.0909. The van der Waals surface area contributed by atoms with Gasteiger partial charge in [-0.3, -0.25) is 9.59 Å². The molecule has 0 aliphatic carbocycles. The highest BCUT2D eigenvalue weighted by molar-refractivity contribution is 5.90. The van der Waals surface area contributed by atoms with Gasteiger partial charge in [-0.15, -0.1) is 0 Å². The summed E-state index contributed by atoms with van der Waals surface area (Å²) in [6.07, 6.45) is 0.973. The molecule has 0 amide bonds. The number of fused-ring (bicyclic) bond motifs is 2. The van der Waals surface area contributed by atoms with E-state index in [2.05, 4.69) is 20.4 Å². The molecule has 6 aromatic rings. The van der Waals surface area contributed by atoms with E-state index < -0.39 is 5.97 Å². The first-order valence-electron chi connectivity index (χ1n) is 13.3. The monoisotopic (exact) mass is 574 g/mol. The lowest BCUT2D eigenvalue weighted by Gasteiger charge is -2.06. The number of hydrogen-bond acceptors (Lipinski definition) is 7. The number of nitrogens with one attached hydrogen (secondary N) is 2. The van der Waals surface area contributed by atoms with Gasteiger partial charge in [0, 0.05) is 23.6 Å². The summed E-state index contributed by atoms with van der Waals surface area (Å²) in [4.78, 5) is 46.1. The smallest absolute Gasteiger partial charge is 0.337 e. The Labute approximate surface area is 244 Å². The van der Waals surface area contributed by atoms with E-state index in [1.54, 1.807) is 54.6 Å². The number of esters is 1. The first-order chi connectivity index (χ1) is 20.8. The molecule has 0 aliphatic rings. The zero-order valence-electron chi connectivity index (χ0n) is 23.0. The van der Waals surface area contributed by atoms with Crippen molar-refractivity contribution >= 4 is 33.5 Å². The average Bonchev–Trinajstić information content (AvgIpc) is 3.04. The largest absolute Gasteiger partial charge is 0.478 e. The van der Waals surface area contributed by atoms with E-state index >= 15 is 0 Å². The van der Waals surface area contributed by atoms with Crippen molar-refractivity contribution in [3.05, 3.63) is 151 Å². The SMILES string of the molecule is COC(=O)c1cccc(Cc2n[nH]c(=O)c3ccccc23)c1.O=C(O)c1cccc(Cc2n[nH]c(=O)c3ccccc23)c1. The van der Waals surface area contributed by atoms with Crippen LogP contribution in [0.15, 0.2) is 107 Å². The van der Waals surface area contributed by atoms with Gasteiger partial charge >= 0.3 is 11.9 Å². The number of methoxy groups -OCH3 is 1. The van der Waals surface area contributed by atoms with Crippen molar-refractivity contribution in [2.24, 2.45) is 0 Å². The van der Waals surface area contributed by atoms with Crippen LogP contribution >= 0.6 is 0 Å². The number of carbonyl (C=O) groups excluding carboxylic acids is 1. The van der Waals surface area contributed by atoms with E-state index in [0.717, 1.165) is 27.6 Å². The maximum Gasteiger partial charge on any atom is 0.337 e. The predicted octanol–water partition coefficient (Wildman–Crippen LogP) is 4.51. The van der Waals surface area contributed by atoms with Crippen LogP contribution in [0.3, 0.4) is 0 Å². The molecule has 10 nitrogen and oxygen atoms in total. The first-order valence-corrected chi connectivity index (χ1v) is 13.3. The number of H-pyrrole nitrogens is 2. The lowest BCUT2D eigenvalue weighted by Crippen LogP contribution is -2.11. The van der Waals surface area contributed by atoms with Gasteiger partial charge in [0.2, 0.25) is 0 Å². The third-order valence-corrected chi connectivity index (χ3v) is 6.82. The molecule has 0 atom stereocenters. The number of aromatic carboxylic acids is 1. The summed E-state index contributed by atoms with van der Waals surface area (Å²) in [7, 11) is 1.35. The lowest BCUT2D eigenvalue weighted by molar-refractivity contribution is 0.0599. The van der Waals surface area contributed by atoms with Crippen molar-refractivity contribution in [2.45, 2.75) is 12.8 Å².